The van der Waals surface area contributed by atoms with Crippen molar-refractivity contribution in [2.75, 3.05) is 47.5 Å². The summed E-state index contributed by atoms with van der Waals surface area (Å²) in [4.78, 5) is 38.1. The SMILES string of the molecule is CC/C=C\C/C=C\C/C=C\C/C=C\C/C=C\C/C=C\C/C=C\C/C=C\C/C=C\CCCCCCCCCCCC(=O)OC(COC(=O)CCCCCCCCCCCCC/C=C\C/C=C\C/C=C\C/C=C\C/C=C\C/C=C\C/C=C\CC)COP(=O)([O-])OCC[N+](C)(C)C. The zero-order chi connectivity index (χ0) is 68.3. The molecule has 0 saturated heterocycles. The van der Waals surface area contributed by atoms with Gasteiger partial charge < -0.3 is 27.9 Å². The Kier molecular flexibility index (Phi) is 68.2. The molecule has 0 fully saturated rings. The Morgan fingerprint density at radius 3 is 0.851 bits per heavy atom. The molecule has 0 aromatic rings. The highest BCUT2D eigenvalue weighted by Gasteiger charge is 2.22. The maximum Gasteiger partial charge on any atom is 0.306 e. The van der Waals surface area contributed by atoms with Gasteiger partial charge in [-0.2, -0.15) is 0 Å². The van der Waals surface area contributed by atoms with Crippen LogP contribution >= 0.6 is 7.82 Å². The van der Waals surface area contributed by atoms with Crippen LogP contribution in [0.5, 0.6) is 0 Å². The van der Waals surface area contributed by atoms with Crippen LogP contribution in [0.3, 0.4) is 0 Å². The van der Waals surface area contributed by atoms with Gasteiger partial charge in [0.1, 0.15) is 19.8 Å². The van der Waals surface area contributed by atoms with Crippen LogP contribution in [0.15, 0.2) is 194 Å². The van der Waals surface area contributed by atoms with Gasteiger partial charge in [-0.1, -0.05) is 311 Å². The Labute approximate surface area is 577 Å². The molecule has 0 aromatic heterocycles. The smallest absolute Gasteiger partial charge is 0.306 e. The van der Waals surface area contributed by atoms with E-state index in [0.717, 1.165) is 161 Å². The van der Waals surface area contributed by atoms with Crippen molar-refractivity contribution in [1.29, 1.82) is 0 Å². The minimum absolute atomic E-state index is 0.0422. The maximum atomic E-state index is 12.9. The van der Waals surface area contributed by atoms with Crippen molar-refractivity contribution in [2.24, 2.45) is 0 Å². The lowest BCUT2D eigenvalue weighted by Crippen LogP contribution is -2.37. The fraction of sp³-hybridized carbons (Fsp3) is 0.595. The van der Waals surface area contributed by atoms with Gasteiger partial charge in [-0.15, -0.1) is 0 Å². The van der Waals surface area contributed by atoms with E-state index in [9.17, 15) is 19.0 Å². The number of phosphoric ester groups is 1. The standard InChI is InChI=1S/C84H136NO8P/c1-6-8-10-12-14-16-18-20-22-24-26-28-30-32-34-36-38-40-41-42-43-45-47-49-51-53-55-57-59-61-63-65-67-69-71-73-75-77-84(87)93-82(81-92-94(88,89)91-79-78-85(3,4)5)80-90-83(86)76-74-72-70-68-66-64-62-60-58-56-54-52-50-48-46-44-39-37-35-33-31-29-27-25-23-21-19-17-15-13-11-9-7-2/h8-11,14-17,20-23,26-29,32-35,38-40,42-44,47-50,53,55,82H,6-7,12-13,18-19,24-25,30-31,36-37,41,45-46,51-52,54,56-81H2,1-5H3/b10-8-,11-9-,16-14-,17-15-,22-20-,23-21-,28-26-,29-27-,34-32-,35-33-,40-38-,43-42-,44-39-,49-47-,50-48-,55-53-. The average molecular weight is 1320 g/mol. The number of esters is 2. The van der Waals surface area contributed by atoms with Gasteiger partial charge in [0.25, 0.3) is 7.82 Å². The molecule has 0 aromatic carbocycles. The fourth-order valence-corrected chi connectivity index (χ4v) is 10.2. The molecule has 9 nitrogen and oxygen atoms in total. The number of carbonyl (C=O) groups excluding carboxylic acids is 2. The molecule has 530 valence electrons. The number of quaternary nitrogens is 1. The van der Waals surface area contributed by atoms with Gasteiger partial charge in [-0.25, -0.2) is 0 Å². The molecule has 0 radical (unpaired) electrons. The Hall–Kier alpha value is -5.15. The van der Waals surface area contributed by atoms with Crippen molar-refractivity contribution < 1.29 is 42.1 Å². The molecule has 2 unspecified atom stereocenters. The first-order chi connectivity index (χ1) is 46.0. The molecular weight excluding hydrogens is 1180 g/mol. The number of likely N-dealkylation sites (N-methyl/N-ethyl adjacent to an activating group) is 1. The van der Waals surface area contributed by atoms with Gasteiger partial charge in [-0.05, 0) is 141 Å². The third-order valence-electron chi connectivity index (χ3n) is 15.1. The third kappa shape index (κ3) is 75.9. The summed E-state index contributed by atoms with van der Waals surface area (Å²) in [5, 5.41) is 0. The number of carbonyl (C=O) groups is 2. The number of allylic oxidation sites excluding steroid dienone is 32. The summed E-state index contributed by atoms with van der Waals surface area (Å²) in [6.45, 7) is 3.99. The number of nitrogens with zero attached hydrogens (tertiary/aromatic N) is 1. The maximum absolute atomic E-state index is 12.9. The van der Waals surface area contributed by atoms with Crippen LogP contribution in [0.4, 0.5) is 0 Å². The molecule has 0 heterocycles. The molecule has 0 aliphatic rings. The number of ether oxygens (including phenoxy) is 2. The van der Waals surface area contributed by atoms with E-state index in [1.165, 1.54) is 77.0 Å². The first-order valence-electron chi connectivity index (χ1n) is 37.1. The molecule has 0 saturated carbocycles. The van der Waals surface area contributed by atoms with Crippen molar-refractivity contribution in [3.05, 3.63) is 194 Å². The largest absolute Gasteiger partial charge is 0.756 e. The normalized spacial score (nSPS) is 14.2. The summed E-state index contributed by atoms with van der Waals surface area (Å²) in [6.07, 6.45) is 112. The molecule has 0 rings (SSSR count). The van der Waals surface area contributed by atoms with Crippen LogP contribution in [-0.2, 0) is 32.7 Å². The fourth-order valence-electron chi connectivity index (χ4n) is 9.51. The molecule has 94 heavy (non-hydrogen) atoms. The zero-order valence-corrected chi connectivity index (χ0v) is 61.2. The van der Waals surface area contributed by atoms with E-state index in [4.69, 9.17) is 18.5 Å². The van der Waals surface area contributed by atoms with Gasteiger partial charge in [-0.3, -0.25) is 14.2 Å². The minimum Gasteiger partial charge on any atom is -0.756 e. The lowest BCUT2D eigenvalue weighted by molar-refractivity contribution is -0.870. The lowest BCUT2D eigenvalue weighted by Gasteiger charge is -2.28. The highest BCUT2D eigenvalue weighted by atomic mass is 31.2. The predicted octanol–water partition coefficient (Wildman–Crippen LogP) is 24.2. The van der Waals surface area contributed by atoms with Crippen molar-refractivity contribution in [3.63, 3.8) is 0 Å². The van der Waals surface area contributed by atoms with Crippen LogP contribution in [0.1, 0.15) is 271 Å². The minimum atomic E-state index is -4.66. The molecule has 0 amide bonds. The predicted molar refractivity (Wildman–Crippen MR) is 406 cm³/mol. The summed E-state index contributed by atoms with van der Waals surface area (Å²) >= 11 is 0. The van der Waals surface area contributed by atoms with Crippen molar-refractivity contribution in [1.82, 2.24) is 0 Å². The van der Waals surface area contributed by atoms with E-state index < -0.39 is 32.5 Å². The molecule has 2 atom stereocenters. The van der Waals surface area contributed by atoms with E-state index in [1.54, 1.807) is 0 Å². The van der Waals surface area contributed by atoms with Crippen LogP contribution < -0.4 is 4.89 Å². The molecule has 0 bridgehead atoms. The number of hydrogen-bond acceptors (Lipinski definition) is 8. The highest BCUT2D eigenvalue weighted by molar-refractivity contribution is 7.45. The molecule has 0 aliphatic carbocycles. The Morgan fingerprint density at radius 1 is 0.330 bits per heavy atom. The van der Waals surface area contributed by atoms with E-state index in [2.05, 4.69) is 208 Å². The van der Waals surface area contributed by atoms with Crippen molar-refractivity contribution >= 4 is 19.8 Å². The van der Waals surface area contributed by atoms with Crippen molar-refractivity contribution in [2.45, 2.75) is 277 Å². The quantitative estimate of drug-likeness (QED) is 0.0195. The summed E-state index contributed by atoms with van der Waals surface area (Å²) in [6, 6.07) is 0. The second kappa shape index (κ2) is 72.1. The van der Waals surface area contributed by atoms with Gasteiger partial charge in [0.15, 0.2) is 6.10 Å². The summed E-state index contributed by atoms with van der Waals surface area (Å²) in [7, 11) is 1.14. The monoisotopic (exact) mass is 1320 g/mol. The number of unbranched alkanes of at least 4 members (excludes halogenated alkanes) is 20. The van der Waals surface area contributed by atoms with Gasteiger partial charge >= 0.3 is 11.9 Å². The molecular formula is C84H136NO8P. The average Bonchev–Trinajstić information content (AvgIpc) is 1.56. The van der Waals surface area contributed by atoms with E-state index >= 15 is 0 Å². The zero-order valence-electron chi connectivity index (χ0n) is 60.3. The number of hydrogen-bond donors (Lipinski definition) is 0. The van der Waals surface area contributed by atoms with E-state index in [-0.39, 0.29) is 26.1 Å². The molecule has 0 N–H and O–H groups in total. The molecule has 0 aliphatic heterocycles. The molecule has 0 spiro atoms. The highest BCUT2D eigenvalue weighted by Crippen LogP contribution is 2.38. The van der Waals surface area contributed by atoms with Crippen LogP contribution in [0, 0.1) is 0 Å². The number of phosphoric acid groups is 1. The van der Waals surface area contributed by atoms with Crippen LogP contribution in [-0.4, -0.2) is 70.0 Å². The topological polar surface area (TPSA) is 111 Å². The summed E-state index contributed by atoms with van der Waals surface area (Å²) in [5.41, 5.74) is 0. The summed E-state index contributed by atoms with van der Waals surface area (Å²) in [5.74, 6) is -0.853. The van der Waals surface area contributed by atoms with Gasteiger partial charge in [0.2, 0.25) is 0 Å². The lowest BCUT2D eigenvalue weighted by atomic mass is 10.0. The number of rotatable bonds is 66. The third-order valence-corrected chi connectivity index (χ3v) is 16.1. The summed E-state index contributed by atoms with van der Waals surface area (Å²) < 4.78 is 34.3. The van der Waals surface area contributed by atoms with Gasteiger partial charge in [0, 0.05) is 12.8 Å². The molecule has 10 heteroatoms. The van der Waals surface area contributed by atoms with Crippen LogP contribution in [0.2, 0.25) is 0 Å². The van der Waals surface area contributed by atoms with E-state index in [1.807, 2.05) is 21.1 Å². The Morgan fingerprint density at radius 2 is 0.574 bits per heavy atom. The Bertz CT molecular complexity index is 2290. The Balaban J connectivity index is 4.12. The second-order valence-electron chi connectivity index (χ2n) is 25.2. The second-order valence-corrected chi connectivity index (χ2v) is 26.6. The van der Waals surface area contributed by atoms with Crippen LogP contribution in [0.25, 0.3) is 0 Å². The van der Waals surface area contributed by atoms with E-state index in [0.29, 0.717) is 17.4 Å². The first-order valence-corrected chi connectivity index (χ1v) is 38.6. The van der Waals surface area contributed by atoms with Gasteiger partial charge in [0.05, 0.1) is 27.7 Å². The van der Waals surface area contributed by atoms with Crippen molar-refractivity contribution in [3.8, 4) is 0 Å². The first kappa shape index (κ1) is 88.8.